The third-order valence-electron chi connectivity index (χ3n) is 5.24. The van der Waals surface area contributed by atoms with Gasteiger partial charge in [-0.2, -0.15) is 0 Å². The maximum absolute atomic E-state index is 14.4. The van der Waals surface area contributed by atoms with E-state index in [4.69, 9.17) is 17.3 Å². The average molecular weight is 408 g/mol. The molecule has 2 amide bonds. The molecule has 4 rings (SSSR count). The number of fused-ring (bicyclic) bond motifs is 1. The van der Waals surface area contributed by atoms with Crippen LogP contribution in [0.4, 0.5) is 15.0 Å². The third-order valence-corrected chi connectivity index (χ3v) is 5.52. The number of hydrogen-bond acceptors (Lipinski definition) is 6. The van der Waals surface area contributed by atoms with E-state index in [1.165, 1.54) is 6.20 Å². The molecule has 3 aliphatic rings. The normalized spacial score (nSPS) is 29.2. The average Bonchev–Trinajstić information content (AvgIpc) is 3.06. The molecule has 2 aliphatic heterocycles. The molecular weight excluding hydrogens is 385 g/mol. The van der Waals surface area contributed by atoms with Crippen LogP contribution in [-0.2, 0) is 0 Å². The summed E-state index contributed by atoms with van der Waals surface area (Å²) in [5.41, 5.74) is 6.97. The van der Waals surface area contributed by atoms with E-state index < -0.39 is 11.8 Å². The lowest BCUT2D eigenvalue weighted by molar-refractivity contribution is 0.240. The Hall–Kier alpha value is -2.39. The summed E-state index contributed by atoms with van der Waals surface area (Å²) in [6.45, 7) is 0.670. The Morgan fingerprint density at radius 2 is 2.18 bits per heavy atom. The molecule has 0 radical (unpaired) electrons. The summed E-state index contributed by atoms with van der Waals surface area (Å²) in [5, 5.41) is 12.3. The number of primary amides is 1. The van der Waals surface area contributed by atoms with Gasteiger partial charge >= 0.3 is 6.03 Å². The van der Waals surface area contributed by atoms with Gasteiger partial charge in [-0.05, 0) is 31.3 Å². The summed E-state index contributed by atoms with van der Waals surface area (Å²) in [7, 11) is 0. The van der Waals surface area contributed by atoms with Crippen LogP contribution in [0.3, 0.4) is 0 Å². The van der Waals surface area contributed by atoms with E-state index >= 15 is 0 Å². The Bertz CT molecular complexity index is 830. The molecule has 1 aromatic rings. The Labute approximate surface area is 167 Å². The van der Waals surface area contributed by atoms with Gasteiger partial charge in [0.2, 0.25) is 0 Å². The molecule has 1 saturated carbocycles. The number of nitrogens with zero attached hydrogens (tertiary/aromatic N) is 2. The minimum Gasteiger partial charge on any atom is -0.371 e. The van der Waals surface area contributed by atoms with Crippen molar-refractivity contribution in [3.05, 3.63) is 35.7 Å². The van der Waals surface area contributed by atoms with Gasteiger partial charge in [0, 0.05) is 30.4 Å². The first-order valence-electron chi connectivity index (χ1n) is 9.41. The molecule has 2 unspecified atom stereocenters. The van der Waals surface area contributed by atoms with Gasteiger partial charge in [-0.1, -0.05) is 6.08 Å². The van der Waals surface area contributed by atoms with Gasteiger partial charge in [0.1, 0.15) is 6.17 Å². The number of urea groups is 1. The molecule has 1 aromatic heterocycles. The number of carbonyl (C=O) groups excluding carboxylic acids is 1. The van der Waals surface area contributed by atoms with Crippen LogP contribution in [-0.4, -0.2) is 46.2 Å². The summed E-state index contributed by atoms with van der Waals surface area (Å²) >= 11 is 6.23. The van der Waals surface area contributed by atoms with E-state index in [-0.39, 0.29) is 29.4 Å². The number of carbonyl (C=O) groups is 1. The number of amides is 2. The first-order valence-corrected chi connectivity index (χ1v) is 9.84. The molecule has 0 spiro atoms. The molecule has 3 heterocycles. The topological polar surface area (TPSA) is 117 Å². The second-order valence-corrected chi connectivity index (χ2v) is 7.87. The predicted octanol–water partition coefficient (Wildman–Crippen LogP) is 1.41. The van der Waals surface area contributed by atoms with E-state index in [1.807, 2.05) is 12.3 Å². The highest BCUT2D eigenvalue weighted by molar-refractivity contribution is 6.22. The fourth-order valence-corrected chi connectivity index (χ4v) is 4.20. The quantitative estimate of drug-likeness (QED) is 0.482. The molecule has 6 N–H and O–H groups in total. The van der Waals surface area contributed by atoms with Gasteiger partial charge in [0.25, 0.3) is 0 Å². The molecule has 0 bridgehead atoms. The summed E-state index contributed by atoms with van der Waals surface area (Å²) in [6.07, 6.45) is 8.23. The molecular formula is C18H23ClFN7O. The standard InChI is InChI=1S/C18H23ClFN7O/c19-9-4-12-13(7-23-15(12)22-6-9)16-24-8-14(20)17(27-16)25-10-2-1-3-11(5-10)26-18(21)28/h4,7-11,15,22-23H,1-3,5-6H2,(H3,21,26,28)(H,24,25,27)/t9?,10-,11+,15?/m1/s1. The second-order valence-electron chi connectivity index (χ2n) is 7.31. The summed E-state index contributed by atoms with van der Waals surface area (Å²) in [6, 6.07) is -0.563. The fraction of sp³-hybridized carbons (Fsp3) is 0.500. The number of aromatic nitrogens is 2. The van der Waals surface area contributed by atoms with Gasteiger partial charge in [0.05, 0.1) is 11.6 Å². The summed E-state index contributed by atoms with van der Waals surface area (Å²) < 4.78 is 14.4. The minimum absolute atomic E-state index is 0.00549. The summed E-state index contributed by atoms with van der Waals surface area (Å²) in [4.78, 5) is 19.7. The van der Waals surface area contributed by atoms with Crippen LogP contribution in [0.5, 0.6) is 0 Å². The SMILES string of the molecule is NC(=O)N[C@H]1CCC[C@@H](Nc2nc(C3=CNC4NCC(Cl)C=C34)ncc2F)C1. The van der Waals surface area contributed by atoms with Crippen molar-refractivity contribution in [2.24, 2.45) is 5.73 Å². The molecule has 1 fully saturated rings. The molecule has 150 valence electrons. The Kier molecular flexibility index (Phi) is 5.36. The predicted molar refractivity (Wildman–Crippen MR) is 105 cm³/mol. The monoisotopic (exact) mass is 407 g/mol. The molecule has 1 aliphatic carbocycles. The van der Waals surface area contributed by atoms with E-state index in [1.54, 1.807) is 0 Å². The Balaban J connectivity index is 1.51. The maximum Gasteiger partial charge on any atom is 0.312 e. The molecule has 0 saturated heterocycles. The van der Waals surface area contributed by atoms with Crippen molar-refractivity contribution in [3.63, 3.8) is 0 Å². The number of rotatable bonds is 4. The van der Waals surface area contributed by atoms with Gasteiger partial charge in [0.15, 0.2) is 17.5 Å². The zero-order chi connectivity index (χ0) is 19.7. The summed E-state index contributed by atoms with van der Waals surface area (Å²) in [5.74, 6) is 0.0778. The Morgan fingerprint density at radius 3 is 3.00 bits per heavy atom. The number of anilines is 1. The number of hydrogen-bond donors (Lipinski definition) is 5. The van der Waals surface area contributed by atoms with Crippen LogP contribution in [0.15, 0.2) is 24.0 Å². The number of nitrogens with two attached hydrogens (primary N) is 1. The lowest BCUT2D eigenvalue weighted by Gasteiger charge is -2.30. The number of alkyl halides is 1. The molecule has 0 aromatic carbocycles. The lowest BCUT2D eigenvalue weighted by Crippen LogP contribution is -2.44. The van der Waals surface area contributed by atoms with Crippen LogP contribution in [0.25, 0.3) is 5.57 Å². The highest BCUT2D eigenvalue weighted by Gasteiger charge is 2.30. The van der Waals surface area contributed by atoms with E-state index in [0.29, 0.717) is 18.8 Å². The van der Waals surface area contributed by atoms with Crippen LogP contribution >= 0.6 is 11.6 Å². The molecule has 10 heteroatoms. The van der Waals surface area contributed by atoms with Crippen LogP contribution < -0.4 is 27.0 Å². The van der Waals surface area contributed by atoms with Gasteiger partial charge < -0.3 is 21.7 Å². The van der Waals surface area contributed by atoms with Crippen molar-refractivity contribution in [3.8, 4) is 0 Å². The van der Waals surface area contributed by atoms with E-state index in [9.17, 15) is 9.18 Å². The smallest absolute Gasteiger partial charge is 0.312 e. The van der Waals surface area contributed by atoms with Gasteiger partial charge in [-0.15, -0.1) is 11.6 Å². The highest BCUT2D eigenvalue weighted by Crippen LogP contribution is 2.31. The zero-order valence-corrected chi connectivity index (χ0v) is 16.0. The van der Waals surface area contributed by atoms with Crippen molar-refractivity contribution in [2.75, 3.05) is 11.9 Å². The Morgan fingerprint density at radius 1 is 1.36 bits per heavy atom. The number of halogens is 2. The van der Waals surface area contributed by atoms with Crippen molar-refractivity contribution < 1.29 is 9.18 Å². The van der Waals surface area contributed by atoms with Crippen LogP contribution in [0.2, 0.25) is 0 Å². The maximum atomic E-state index is 14.4. The second kappa shape index (κ2) is 7.92. The first kappa shape index (κ1) is 18.9. The van der Waals surface area contributed by atoms with E-state index in [0.717, 1.165) is 30.4 Å². The first-order chi connectivity index (χ1) is 13.5. The molecule has 28 heavy (non-hydrogen) atoms. The van der Waals surface area contributed by atoms with Gasteiger partial charge in [-0.25, -0.2) is 19.2 Å². The molecule has 4 atom stereocenters. The van der Waals surface area contributed by atoms with E-state index in [2.05, 4.69) is 31.2 Å². The third kappa shape index (κ3) is 4.05. The van der Waals surface area contributed by atoms with Crippen LogP contribution in [0, 0.1) is 5.82 Å². The molecule has 8 nitrogen and oxygen atoms in total. The number of nitrogens with one attached hydrogen (secondary N) is 4. The van der Waals surface area contributed by atoms with Crippen molar-refractivity contribution in [2.45, 2.75) is 49.3 Å². The van der Waals surface area contributed by atoms with Crippen molar-refractivity contribution in [1.29, 1.82) is 0 Å². The largest absolute Gasteiger partial charge is 0.371 e. The van der Waals surface area contributed by atoms with Gasteiger partial charge in [-0.3, -0.25) is 5.32 Å². The highest BCUT2D eigenvalue weighted by atomic mass is 35.5. The zero-order valence-electron chi connectivity index (χ0n) is 15.2. The van der Waals surface area contributed by atoms with Crippen molar-refractivity contribution in [1.82, 2.24) is 25.9 Å². The van der Waals surface area contributed by atoms with Crippen molar-refractivity contribution >= 4 is 29.0 Å². The fourth-order valence-electron chi connectivity index (χ4n) is 3.97. The lowest BCUT2D eigenvalue weighted by atomic mass is 9.91. The van der Waals surface area contributed by atoms with Crippen LogP contribution in [0.1, 0.15) is 31.5 Å². The minimum atomic E-state index is -0.539.